The van der Waals surface area contributed by atoms with Crippen LogP contribution in [0.4, 0.5) is 5.69 Å². The first-order chi connectivity index (χ1) is 12.3. The van der Waals surface area contributed by atoms with Gasteiger partial charge < -0.3 is 0 Å². The molecule has 0 fully saturated rings. The Morgan fingerprint density at radius 2 is 1.92 bits per heavy atom. The number of aryl methyl sites for hydroxylation is 1. The fourth-order valence-corrected chi connectivity index (χ4v) is 3.81. The molecule has 0 saturated heterocycles. The highest BCUT2D eigenvalue weighted by Crippen LogP contribution is 2.23. The lowest BCUT2D eigenvalue weighted by molar-refractivity contribution is -0.385. The van der Waals surface area contributed by atoms with E-state index in [0.717, 1.165) is 23.6 Å². The molecule has 138 valence electrons. The smallest absolute Gasteiger partial charge is 0.258 e. The van der Waals surface area contributed by atoms with E-state index < -0.39 is 14.9 Å². The Labute approximate surface area is 153 Å². The lowest BCUT2D eigenvalue weighted by Gasteiger charge is -2.11. The first-order valence-electron chi connectivity index (χ1n) is 8.30. The van der Waals surface area contributed by atoms with Crippen LogP contribution in [0.15, 0.2) is 59.5 Å². The number of hydrogen-bond acceptors (Lipinski definition) is 4. The molecule has 6 nitrogen and oxygen atoms in total. The molecule has 0 saturated carbocycles. The molecule has 2 aromatic rings. The average Bonchev–Trinajstić information content (AvgIpc) is 2.63. The van der Waals surface area contributed by atoms with E-state index in [0.29, 0.717) is 6.42 Å². The molecule has 0 bridgehead atoms. The van der Waals surface area contributed by atoms with Gasteiger partial charge >= 0.3 is 0 Å². The summed E-state index contributed by atoms with van der Waals surface area (Å²) in [5, 5.41) is 10.8. The summed E-state index contributed by atoms with van der Waals surface area (Å²) in [7, 11) is -3.77. The Morgan fingerprint density at radius 1 is 1.19 bits per heavy atom. The van der Waals surface area contributed by atoms with Crippen molar-refractivity contribution >= 4 is 21.3 Å². The van der Waals surface area contributed by atoms with Crippen molar-refractivity contribution in [3.8, 4) is 0 Å². The quantitative estimate of drug-likeness (QED) is 0.428. The van der Waals surface area contributed by atoms with Gasteiger partial charge in [-0.3, -0.25) is 10.1 Å². The van der Waals surface area contributed by atoms with Crippen LogP contribution >= 0.6 is 0 Å². The van der Waals surface area contributed by atoms with Crippen molar-refractivity contribution in [2.75, 3.05) is 6.54 Å². The Balaban J connectivity index is 1.97. The van der Waals surface area contributed by atoms with Crippen molar-refractivity contribution in [2.24, 2.45) is 0 Å². The van der Waals surface area contributed by atoms with Gasteiger partial charge in [0.15, 0.2) is 0 Å². The van der Waals surface area contributed by atoms with Crippen LogP contribution in [-0.4, -0.2) is 19.9 Å². The van der Waals surface area contributed by atoms with Crippen LogP contribution in [-0.2, 0) is 10.0 Å². The van der Waals surface area contributed by atoms with Gasteiger partial charge in [0.05, 0.1) is 9.82 Å². The summed E-state index contributed by atoms with van der Waals surface area (Å²) < 4.78 is 27.1. The monoisotopic (exact) mass is 374 g/mol. The van der Waals surface area contributed by atoms with Gasteiger partial charge in [-0.25, -0.2) is 13.1 Å². The van der Waals surface area contributed by atoms with Gasteiger partial charge in [0.1, 0.15) is 0 Å². The number of rotatable bonds is 8. The summed E-state index contributed by atoms with van der Waals surface area (Å²) in [5.41, 5.74) is 3.26. The van der Waals surface area contributed by atoms with Crippen LogP contribution in [0.2, 0.25) is 0 Å². The number of nitro benzene ring substituents is 1. The SMILES string of the molecule is C/C=C(/CCCNS(=O)(=O)c1cccc([N+](=O)[O-])c1)c1ccccc1C. The number of benzene rings is 2. The molecule has 0 atom stereocenters. The molecule has 0 radical (unpaired) electrons. The van der Waals surface area contributed by atoms with Crippen LogP contribution < -0.4 is 4.72 Å². The highest BCUT2D eigenvalue weighted by atomic mass is 32.2. The van der Waals surface area contributed by atoms with Gasteiger partial charge in [-0.15, -0.1) is 0 Å². The maximum Gasteiger partial charge on any atom is 0.270 e. The van der Waals surface area contributed by atoms with Crippen LogP contribution in [0.5, 0.6) is 0 Å². The summed E-state index contributed by atoms with van der Waals surface area (Å²) in [5.74, 6) is 0. The highest BCUT2D eigenvalue weighted by Gasteiger charge is 2.17. The molecule has 0 amide bonds. The second-order valence-corrected chi connectivity index (χ2v) is 7.65. The molecule has 0 spiro atoms. The van der Waals surface area contributed by atoms with Gasteiger partial charge in [-0.1, -0.05) is 36.4 Å². The van der Waals surface area contributed by atoms with Crippen molar-refractivity contribution in [1.82, 2.24) is 4.72 Å². The first-order valence-corrected chi connectivity index (χ1v) is 9.79. The van der Waals surface area contributed by atoms with Crippen molar-refractivity contribution in [3.05, 3.63) is 75.8 Å². The van der Waals surface area contributed by atoms with Crippen LogP contribution in [0, 0.1) is 17.0 Å². The van der Waals surface area contributed by atoms with E-state index in [2.05, 4.69) is 10.8 Å². The van der Waals surface area contributed by atoms with Gasteiger partial charge in [0, 0.05) is 18.7 Å². The fraction of sp³-hybridized carbons (Fsp3) is 0.263. The zero-order chi connectivity index (χ0) is 19.2. The summed E-state index contributed by atoms with van der Waals surface area (Å²) in [6, 6.07) is 13.1. The summed E-state index contributed by atoms with van der Waals surface area (Å²) >= 11 is 0. The standard InChI is InChI=1S/C19H22N2O4S/c1-3-16(19-12-5-4-8-15(19)2)9-7-13-20-26(24,25)18-11-6-10-17(14-18)21(22)23/h3-6,8,10-12,14,20H,7,9,13H2,1-2H3/b16-3-. The van der Waals surface area contributed by atoms with Gasteiger partial charge in [0.2, 0.25) is 10.0 Å². The Morgan fingerprint density at radius 3 is 2.58 bits per heavy atom. The summed E-state index contributed by atoms with van der Waals surface area (Å²) in [4.78, 5) is 10.1. The zero-order valence-electron chi connectivity index (χ0n) is 14.8. The predicted molar refractivity (Wildman–Crippen MR) is 102 cm³/mol. The lowest BCUT2D eigenvalue weighted by atomic mass is 9.97. The predicted octanol–water partition coefficient (Wildman–Crippen LogP) is 4.07. The van der Waals surface area contributed by atoms with Crippen LogP contribution in [0.1, 0.15) is 30.9 Å². The zero-order valence-corrected chi connectivity index (χ0v) is 15.6. The number of non-ortho nitro benzene ring substituents is 1. The fourth-order valence-electron chi connectivity index (χ4n) is 2.70. The molecule has 0 heterocycles. The normalized spacial score (nSPS) is 12.2. The molecule has 0 aliphatic heterocycles. The number of nitro groups is 1. The molecular weight excluding hydrogens is 352 g/mol. The minimum absolute atomic E-state index is 0.100. The van der Waals surface area contributed by atoms with Gasteiger partial charge in [-0.05, 0) is 49.5 Å². The average molecular weight is 374 g/mol. The third-order valence-electron chi connectivity index (χ3n) is 4.09. The number of sulfonamides is 1. The van der Waals surface area contributed by atoms with Crippen molar-refractivity contribution in [2.45, 2.75) is 31.6 Å². The third kappa shape index (κ3) is 5.00. The second-order valence-electron chi connectivity index (χ2n) is 5.88. The van der Waals surface area contributed by atoms with E-state index in [4.69, 9.17) is 0 Å². The second kappa shape index (κ2) is 8.73. The van der Waals surface area contributed by atoms with E-state index in [-0.39, 0.29) is 17.1 Å². The molecule has 0 aliphatic rings. The molecule has 0 aromatic heterocycles. The largest absolute Gasteiger partial charge is 0.270 e. The number of nitrogens with one attached hydrogen (secondary N) is 1. The molecule has 7 heteroatoms. The third-order valence-corrected chi connectivity index (χ3v) is 5.55. The number of hydrogen-bond donors (Lipinski definition) is 1. The van der Waals surface area contributed by atoms with E-state index in [1.54, 1.807) is 0 Å². The van der Waals surface area contributed by atoms with Crippen LogP contribution in [0.25, 0.3) is 5.57 Å². The highest BCUT2D eigenvalue weighted by molar-refractivity contribution is 7.89. The molecule has 2 rings (SSSR count). The van der Waals surface area contributed by atoms with Crippen molar-refractivity contribution in [3.63, 3.8) is 0 Å². The van der Waals surface area contributed by atoms with Gasteiger partial charge in [0.25, 0.3) is 5.69 Å². The van der Waals surface area contributed by atoms with Crippen LogP contribution in [0.3, 0.4) is 0 Å². The molecule has 2 aromatic carbocycles. The van der Waals surface area contributed by atoms with E-state index in [1.807, 2.05) is 38.1 Å². The Hall–Kier alpha value is -2.51. The van der Waals surface area contributed by atoms with Gasteiger partial charge in [-0.2, -0.15) is 0 Å². The Kier molecular flexibility index (Phi) is 6.65. The maximum absolute atomic E-state index is 12.3. The molecule has 1 N–H and O–H groups in total. The van der Waals surface area contributed by atoms with Crippen molar-refractivity contribution < 1.29 is 13.3 Å². The minimum atomic E-state index is -3.77. The minimum Gasteiger partial charge on any atom is -0.258 e. The van der Waals surface area contributed by atoms with E-state index in [9.17, 15) is 18.5 Å². The topological polar surface area (TPSA) is 89.3 Å². The van der Waals surface area contributed by atoms with Crippen molar-refractivity contribution in [1.29, 1.82) is 0 Å². The Bertz CT molecular complexity index is 921. The molecule has 26 heavy (non-hydrogen) atoms. The molecule has 0 aliphatic carbocycles. The molecule has 0 unspecified atom stereocenters. The molecular formula is C19H22N2O4S. The first kappa shape index (κ1) is 19.8. The van der Waals surface area contributed by atoms with E-state index in [1.165, 1.54) is 23.8 Å². The summed E-state index contributed by atoms with van der Waals surface area (Å²) in [6.07, 6.45) is 3.40. The maximum atomic E-state index is 12.3. The lowest BCUT2D eigenvalue weighted by Crippen LogP contribution is -2.24. The number of nitrogens with zero attached hydrogens (tertiary/aromatic N) is 1. The van der Waals surface area contributed by atoms with E-state index >= 15 is 0 Å². The number of allylic oxidation sites excluding steroid dienone is 2. The summed E-state index contributed by atoms with van der Waals surface area (Å²) in [6.45, 7) is 4.27.